The van der Waals surface area contributed by atoms with E-state index in [1.807, 2.05) is 6.08 Å². The molecule has 5 heteroatoms. The zero-order valence-electron chi connectivity index (χ0n) is 12.2. The fraction of sp³-hybridized carbons (Fsp3) is 0.250. The summed E-state index contributed by atoms with van der Waals surface area (Å²) in [5, 5.41) is 0. The van der Waals surface area contributed by atoms with Crippen LogP contribution in [-0.2, 0) is 4.79 Å². The SMILES string of the molecule is CCN1/C(=C2/SC(=S)N(C)C2=O)C=Cc2cc(C)ccc21. The van der Waals surface area contributed by atoms with Crippen molar-refractivity contribution in [3.63, 3.8) is 0 Å². The molecule has 0 atom stereocenters. The Morgan fingerprint density at radius 1 is 1.29 bits per heavy atom. The normalized spacial score (nSPS) is 21.3. The molecular weight excluding hydrogens is 300 g/mol. The summed E-state index contributed by atoms with van der Waals surface area (Å²) in [5.74, 6) is -0.0151. The highest BCUT2D eigenvalue weighted by molar-refractivity contribution is 8.26. The number of thiocarbonyl (C=S) groups is 1. The molecule has 1 amide bonds. The van der Waals surface area contributed by atoms with Gasteiger partial charge in [0.25, 0.3) is 5.91 Å². The van der Waals surface area contributed by atoms with Crippen LogP contribution in [0.15, 0.2) is 34.9 Å². The van der Waals surface area contributed by atoms with E-state index in [9.17, 15) is 4.79 Å². The number of carbonyl (C=O) groups is 1. The number of nitrogens with zero attached hydrogens (tertiary/aromatic N) is 2. The summed E-state index contributed by atoms with van der Waals surface area (Å²) in [7, 11) is 1.73. The summed E-state index contributed by atoms with van der Waals surface area (Å²) in [6.07, 6.45) is 4.10. The van der Waals surface area contributed by atoms with Crippen molar-refractivity contribution in [2.24, 2.45) is 0 Å². The summed E-state index contributed by atoms with van der Waals surface area (Å²) in [6, 6.07) is 6.38. The van der Waals surface area contributed by atoms with E-state index in [0.717, 1.165) is 17.9 Å². The number of likely N-dealkylation sites (N-methyl/N-ethyl adjacent to an activating group) is 2. The van der Waals surface area contributed by atoms with E-state index in [2.05, 4.69) is 43.0 Å². The van der Waals surface area contributed by atoms with Gasteiger partial charge in [-0.3, -0.25) is 9.69 Å². The van der Waals surface area contributed by atoms with E-state index in [-0.39, 0.29) is 5.91 Å². The van der Waals surface area contributed by atoms with Gasteiger partial charge in [0.2, 0.25) is 0 Å². The van der Waals surface area contributed by atoms with E-state index in [1.165, 1.54) is 27.8 Å². The van der Waals surface area contributed by atoms with E-state index < -0.39 is 0 Å². The van der Waals surface area contributed by atoms with Crippen molar-refractivity contribution in [3.8, 4) is 0 Å². The van der Waals surface area contributed by atoms with Crippen molar-refractivity contribution in [2.75, 3.05) is 18.5 Å². The molecule has 1 saturated heterocycles. The summed E-state index contributed by atoms with van der Waals surface area (Å²) in [5.41, 5.74) is 4.50. The largest absolute Gasteiger partial charge is 0.340 e. The first-order chi connectivity index (χ1) is 10.0. The number of hydrogen-bond donors (Lipinski definition) is 0. The zero-order chi connectivity index (χ0) is 15.1. The molecule has 2 aliphatic heterocycles. The van der Waals surface area contributed by atoms with Crippen molar-refractivity contribution in [1.29, 1.82) is 0 Å². The Balaban J connectivity index is 2.13. The second-order valence-electron chi connectivity index (χ2n) is 5.09. The maximum absolute atomic E-state index is 12.3. The molecule has 3 rings (SSSR count). The van der Waals surface area contributed by atoms with Gasteiger partial charge in [0.1, 0.15) is 9.23 Å². The first kappa shape index (κ1) is 14.4. The van der Waals surface area contributed by atoms with Crippen molar-refractivity contribution in [3.05, 3.63) is 46.0 Å². The Morgan fingerprint density at radius 2 is 2.05 bits per heavy atom. The van der Waals surface area contributed by atoms with Crippen molar-refractivity contribution in [1.82, 2.24) is 4.90 Å². The third kappa shape index (κ3) is 2.30. The van der Waals surface area contributed by atoms with Gasteiger partial charge in [-0.2, -0.15) is 0 Å². The maximum atomic E-state index is 12.3. The number of allylic oxidation sites excluding steroid dienone is 1. The van der Waals surface area contributed by atoms with Crippen LogP contribution in [0, 0.1) is 6.92 Å². The molecule has 1 aromatic rings. The maximum Gasteiger partial charge on any atom is 0.268 e. The van der Waals surface area contributed by atoms with Gasteiger partial charge in [0, 0.05) is 19.3 Å². The van der Waals surface area contributed by atoms with Crippen LogP contribution in [0.3, 0.4) is 0 Å². The quantitative estimate of drug-likeness (QED) is 0.584. The van der Waals surface area contributed by atoms with E-state index in [0.29, 0.717) is 9.23 Å². The minimum absolute atomic E-state index is 0.0151. The molecule has 0 bridgehead atoms. The molecule has 2 aliphatic rings. The molecule has 0 N–H and O–H groups in total. The number of carbonyl (C=O) groups excluding carboxylic acids is 1. The topological polar surface area (TPSA) is 23.6 Å². The molecule has 1 fully saturated rings. The van der Waals surface area contributed by atoms with Crippen LogP contribution in [0.2, 0.25) is 0 Å². The molecule has 0 spiro atoms. The van der Waals surface area contributed by atoms with Crippen LogP contribution in [0.25, 0.3) is 6.08 Å². The van der Waals surface area contributed by atoms with Crippen LogP contribution < -0.4 is 4.90 Å². The Morgan fingerprint density at radius 3 is 2.67 bits per heavy atom. The van der Waals surface area contributed by atoms with Crippen LogP contribution in [0.1, 0.15) is 18.1 Å². The minimum atomic E-state index is -0.0151. The second kappa shape index (κ2) is 5.31. The lowest BCUT2D eigenvalue weighted by molar-refractivity contribution is -0.121. The lowest BCUT2D eigenvalue weighted by atomic mass is 10.0. The molecular formula is C16H16N2OS2. The van der Waals surface area contributed by atoms with E-state index >= 15 is 0 Å². The van der Waals surface area contributed by atoms with E-state index in [1.54, 1.807) is 7.05 Å². The Bertz CT molecular complexity index is 706. The zero-order valence-corrected chi connectivity index (χ0v) is 13.8. The van der Waals surface area contributed by atoms with Crippen molar-refractivity contribution < 1.29 is 4.79 Å². The fourth-order valence-electron chi connectivity index (χ4n) is 2.58. The van der Waals surface area contributed by atoms with Crippen LogP contribution in [-0.4, -0.2) is 28.7 Å². The van der Waals surface area contributed by atoms with E-state index in [4.69, 9.17) is 12.2 Å². The molecule has 0 aromatic heterocycles. The fourth-order valence-corrected chi connectivity index (χ4v) is 3.81. The Kier molecular flexibility index (Phi) is 3.63. The molecule has 21 heavy (non-hydrogen) atoms. The molecule has 3 nitrogen and oxygen atoms in total. The number of anilines is 1. The Hall–Kier alpha value is -1.59. The number of aryl methyl sites for hydroxylation is 1. The third-order valence-electron chi connectivity index (χ3n) is 3.70. The third-order valence-corrected chi connectivity index (χ3v) is 5.26. The second-order valence-corrected chi connectivity index (χ2v) is 6.73. The summed E-state index contributed by atoms with van der Waals surface area (Å²) in [6.45, 7) is 4.99. The van der Waals surface area contributed by atoms with Gasteiger partial charge >= 0.3 is 0 Å². The molecule has 2 heterocycles. The predicted octanol–water partition coefficient (Wildman–Crippen LogP) is 3.55. The lowest BCUT2D eigenvalue weighted by Crippen LogP contribution is -2.28. The molecule has 1 aromatic carbocycles. The summed E-state index contributed by atoms with van der Waals surface area (Å²) >= 11 is 6.61. The number of rotatable bonds is 1. The van der Waals surface area contributed by atoms with Gasteiger partial charge in [-0.1, -0.05) is 41.7 Å². The predicted molar refractivity (Wildman–Crippen MR) is 93.2 cm³/mol. The van der Waals surface area contributed by atoms with Gasteiger partial charge in [0.05, 0.1) is 5.70 Å². The highest BCUT2D eigenvalue weighted by atomic mass is 32.2. The smallest absolute Gasteiger partial charge is 0.268 e. The monoisotopic (exact) mass is 316 g/mol. The summed E-state index contributed by atoms with van der Waals surface area (Å²) in [4.78, 5) is 16.8. The standard InChI is InChI=1S/C16H16N2OS2/c1-4-18-12-7-5-10(2)9-11(12)6-8-13(18)14-15(19)17(3)16(20)21-14/h5-9H,4H2,1-3H3/b14-13+. The average Bonchev–Trinajstić information content (AvgIpc) is 2.73. The summed E-state index contributed by atoms with van der Waals surface area (Å²) < 4.78 is 0.613. The molecule has 108 valence electrons. The first-order valence-electron chi connectivity index (χ1n) is 6.83. The molecule has 0 unspecified atom stereocenters. The van der Waals surface area contributed by atoms with Crippen LogP contribution in [0.5, 0.6) is 0 Å². The van der Waals surface area contributed by atoms with Crippen LogP contribution in [0.4, 0.5) is 5.69 Å². The lowest BCUT2D eigenvalue weighted by Gasteiger charge is -2.30. The molecule has 0 aliphatic carbocycles. The minimum Gasteiger partial charge on any atom is -0.340 e. The van der Waals surface area contributed by atoms with Gasteiger partial charge in [-0.05, 0) is 37.6 Å². The number of hydrogen-bond acceptors (Lipinski definition) is 4. The molecule has 0 saturated carbocycles. The van der Waals surface area contributed by atoms with Gasteiger partial charge in [-0.15, -0.1) is 0 Å². The first-order valence-corrected chi connectivity index (χ1v) is 8.05. The van der Waals surface area contributed by atoms with Gasteiger partial charge in [-0.25, -0.2) is 0 Å². The van der Waals surface area contributed by atoms with Gasteiger partial charge < -0.3 is 4.90 Å². The Labute approximate surface area is 134 Å². The number of amides is 1. The highest BCUT2D eigenvalue weighted by Gasteiger charge is 2.33. The number of benzene rings is 1. The average molecular weight is 316 g/mol. The van der Waals surface area contributed by atoms with Crippen molar-refractivity contribution >= 4 is 46.0 Å². The number of fused-ring (bicyclic) bond motifs is 1. The highest BCUT2D eigenvalue weighted by Crippen LogP contribution is 2.39. The van der Waals surface area contributed by atoms with Gasteiger partial charge in [0.15, 0.2) is 0 Å². The number of thioether (sulfide) groups is 1. The molecule has 0 radical (unpaired) electrons. The van der Waals surface area contributed by atoms with Crippen LogP contribution >= 0.6 is 24.0 Å². The van der Waals surface area contributed by atoms with Crippen molar-refractivity contribution in [2.45, 2.75) is 13.8 Å².